The number of benzene rings is 1. The van der Waals surface area contributed by atoms with Crippen LogP contribution in [0.15, 0.2) is 34.1 Å². The lowest BCUT2D eigenvalue weighted by Gasteiger charge is -2.25. The van der Waals surface area contributed by atoms with Crippen molar-refractivity contribution in [2.75, 3.05) is 23.5 Å². The second-order valence-electron chi connectivity index (χ2n) is 7.27. The Morgan fingerprint density at radius 3 is 2.52 bits per heavy atom. The molecular formula is C20H22BrN3O3S2. The third kappa shape index (κ3) is 5.21. The predicted octanol–water partition coefficient (Wildman–Crippen LogP) is 4.11. The van der Waals surface area contributed by atoms with Gasteiger partial charge in [-0.2, -0.15) is 0 Å². The molecule has 1 aromatic carbocycles. The number of thioether (sulfide) groups is 1. The molecule has 3 rings (SSSR count). The van der Waals surface area contributed by atoms with Crippen LogP contribution in [0.3, 0.4) is 0 Å². The Morgan fingerprint density at radius 2 is 1.93 bits per heavy atom. The molecule has 1 aliphatic heterocycles. The van der Waals surface area contributed by atoms with E-state index < -0.39 is 5.54 Å². The topological polar surface area (TPSA) is 78.5 Å². The van der Waals surface area contributed by atoms with Crippen LogP contribution in [-0.2, 0) is 4.79 Å². The average molecular weight is 496 g/mol. The number of carbonyl (C=O) groups excluding carboxylic acids is 3. The zero-order chi connectivity index (χ0) is 21.2. The first kappa shape index (κ1) is 21.9. The summed E-state index contributed by atoms with van der Waals surface area (Å²) < 4.78 is 0.850. The van der Waals surface area contributed by atoms with Gasteiger partial charge < -0.3 is 15.5 Å². The summed E-state index contributed by atoms with van der Waals surface area (Å²) in [7, 11) is 0. The molecule has 0 unspecified atom stereocenters. The molecular weight excluding hydrogens is 474 g/mol. The van der Waals surface area contributed by atoms with E-state index >= 15 is 0 Å². The van der Waals surface area contributed by atoms with Crippen LogP contribution in [-0.4, -0.2) is 46.3 Å². The molecule has 1 aliphatic rings. The van der Waals surface area contributed by atoms with Crippen LogP contribution in [0.1, 0.15) is 39.4 Å². The average Bonchev–Trinajstić information content (AvgIpc) is 3.32. The maximum atomic E-state index is 12.7. The van der Waals surface area contributed by atoms with E-state index in [2.05, 4.69) is 26.6 Å². The number of hydrogen-bond acceptors (Lipinski definition) is 5. The molecule has 0 atom stereocenters. The minimum absolute atomic E-state index is 0.0140. The second-order valence-corrected chi connectivity index (χ2v) is 10.8. The van der Waals surface area contributed by atoms with Crippen LogP contribution < -0.4 is 10.6 Å². The van der Waals surface area contributed by atoms with E-state index in [0.717, 1.165) is 21.6 Å². The van der Waals surface area contributed by atoms with Gasteiger partial charge in [0.15, 0.2) is 0 Å². The van der Waals surface area contributed by atoms with Crippen molar-refractivity contribution in [3.63, 3.8) is 0 Å². The number of anilines is 1. The van der Waals surface area contributed by atoms with E-state index in [4.69, 9.17) is 0 Å². The van der Waals surface area contributed by atoms with E-state index in [1.54, 1.807) is 55.9 Å². The number of rotatable bonds is 5. The SMILES string of the molecule is Cc1cc(NC(=O)C(C)(C)NC(=O)c2ccc(Br)s2)ccc1C(=O)N1CCSC1. The van der Waals surface area contributed by atoms with Gasteiger partial charge in [0.05, 0.1) is 14.5 Å². The van der Waals surface area contributed by atoms with Crippen molar-refractivity contribution in [2.24, 2.45) is 0 Å². The molecule has 0 spiro atoms. The van der Waals surface area contributed by atoms with Gasteiger partial charge in [0, 0.05) is 23.5 Å². The van der Waals surface area contributed by atoms with Crippen molar-refractivity contribution < 1.29 is 14.4 Å². The van der Waals surface area contributed by atoms with Gasteiger partial charge in [-0.25, -0.2) is 0 Å². The first-order chi connectivity index (χ1) is 13.7. The molecule has 6 nitrogen and oxygen atoms in total. The lowest BCUT2D eigenvalue weighted by atomic mass is 10.0. The van der Waals surface area contributed by atoms with Gasteiger partial charge in [0.1, 0.15) is 5.54 Å². The third-order valence-corrected chi connectivity index (χ3v) is 7.13. The van der Waals surface area contributed by atoms with Gasteiger partial charge in [-0.1, -0.05) is 0 Å². The van der Waals surface area contributed by atoms with Gasteiger partial charge in [-0.05, 0) is 72.6 Å². The molecule has 1 saturated heterocycles. The lowest BCUT2D eigenvalue weighted by Crippen LogP contribution is -2.52. The van der Waals surface area contributed by atoms with Gasteiger partial charge in [0.2, 0.25) is 5.91 Å². The minimum atomic E-state index is -1.11. The summed E-state index contributed by atoms with van der Waals surface area (Å²) in [6, 6.07) is 8.73. The number of aryl methyl sites for hydroxylation is 1. The third-order valence-electron chi connectivity index (χ3n) is 4.55. The van der Waals surface area contributed by atoms with Gasteiger partial charge in [0.25, 0.3) is 11.8 Å². The molecule has 2 heterocycles. The largest absolute Gasteiger partial charge is 0.337 e. The van der Waals surface area contributed by atoms with Crippen LogP contribution >= 0.6 is 39.0 Å². The number of nitrogens with zero attached hydrogens (tertiary/aromatic N) is 1. The van der Waals surface area contributed by atoms with E-state index in [1.165, 1.54) is 11.3 Å². The predicted molar refractivity (Wildman–Crippen MR) is 122 cm³/mol. The van der Waals surface area contributed by atoms with Crippen molar-refractivity contribution in [3.05, 3.63) is 50.1 Å². The van der Waals surface area contributed by atoms with E-state index in [1.807, 2.05) is 11.8 Å². The summed E-state index contributed by atoms with van der Waals surface area (Å²) in [5.74, 6) is 1.05. The van der Waals surface area contributed by atoms with E-state index in [-0.39, 0.29) is 17.7 Å². The Hall–Kier alpha value is -1.84. The number of amides is 3. The Bertz CT molecular complexity index is 952. The van der Waals surface area contributed by atoms with Crippen molar-refractivity contribution in [2.45, 2.75) is 26.3 Å². The van der Waals surface area contributed by atoms with E-state index in [9.17, 15) is 14.4 Å². The number of halogens is 1. The Kier molecular flexibility index (Phi) is 6.70. The Balaban J connectivity index is 1.66. The fourth-order valence-corrected chi connectivity index (χ4v) is 5.08. The smallest absolute Gasteiger partial charge is 0.262 e. The molecule has 2 N–H and O–H groups in total. The number of hydrogen-bond donors (Lipinski definition) is 2. The summed E-state index contributed by atoms with van der Waals surface area (Å²) in [5, 5.41) is 5.59. The van der Waals surface area contributed by atoms with Gasteiger partial charge in [-0.3, -0.25) is 14.4 Å². The van der Waals surface area contributed by atoms with Crippen LogP contribution in [0.2, 0.25) is 0 Å². The van der Waals surface area contributed by atoms with E-state index in [0.29, 0.717) is 22.0 Å². The summed E-state index contributed by atoms with van der Waals surface area (Å²) >= 11 is 6.37. The first-order valence-electron chi connectivity index (χ1n) is 9.04. The van der Waals surface area contributed by atoms with Crippen molar-refractivity contribution in [3.8, 4) is 0 Å². The van der Waals surface area contributed by atoms with Crippen LogP contribution in [0.4, 0.5) is 5.69 Å². The van der Waals surface area contributed by atoms with Crippen molar-refractivity contribution in [1.29, 1.82) is 0 Å². The molecule has 1 fully saturated rings. The quantitative estimate of drug-likeness (QED) is 0.653. The van der Waals surface area contributed by atoms with Crippen molar-refractivity contribution >= 4 is 62.4 Å². The highest BCUT2D eigenvalue weighted by Crippen LogP contribution is 2.24. The Morgan fingerprint density at radius 1 is 1.17 bits per heavy atom. The number of carbonyl (C=O) groups is 3. The van der Waals surface area contributed by atoms with Crippen LogP contribution in [0.25, 0.3) is 0 Å². The Labute approximate surface area is 186 Å². The molecule has 0 aliphatic carbocycles. The molecule has 2 aromatic rings. The number of nitrogens with one attached hydrogen (secondary N) is 2. The fourth-order valence-electron chi connectivity index (χ4n) is 2.85. The highest BCUT2D eigenvalue weighted by Gasteiger charge is 2.30. The monoisotopic (exact) mass is 495 g/mol. The maximum absolute atomic E-state index is 12.7. The fraction of sp³-hybridized carbons (Fsp3) is 0.350. The highest BCUT2D eigenvalue weighted by molar-refractivity contribution is 9.11. The molecule has 1 aromatic heterocycles. The number of thiophene rings is 1. The highest BCUT2D eigenvalue weighted by atomic mass is 79.9. The molecule has 0 radical (unpaired) electrons. The zero-order valence-corrected chi connectivity index (χ0v) is 19.6. The minimum Gasteiger partial charge on any atom is -0.337 e. The normalized spacial score (nSPS) is 14.0. The van der Waals surface area contributed by atoms with Gasteiger partial charge in [-0.15, -0.1) is 23.1 Å². The summed E-state index contributed by atoms with van der Waals surface area (Å²) in [4.78, 5) is 40.1. The van der Waals surface area contributed by atoms with Crippen LogP contribution in [0, 0.1) is 6.92 Å². The molecule has 0 saturated carbocycles. The van der Waals surface area contributed by atoms with Crippen LogP contribution in [0.5, 0.6) is 0 Å². The second kappa shape index (κ2) is 8.89. The summed E-state index contributed by atoms with van der Waals surface area (Å²) in [6.07, 6.45) is 0. The maximum Gasteiger partial charge on any atom is 0.262 e. The standard InChI is InChI=1S/C20H22BrN3O3S2/c1-12-10-13(4-5-14(12)18(26)24-8-9-28-11-24)22-19(27)20(2,3)23-17(25)15-6-7-16(21)29-15/h4-7,10H,8-9,11H2,1-3H3,(H,22,27)(H,23,25). The molecule has 9 heteroatoms. The zero-order valence-electron chi connectivity index (χ0n) is 16.4. The molecule has 154 valence electrons. The first-order valence-corrected chi connectivity index (χ1v) is 11.8. The molecule has 3 amide bonds. The lowest BCUT2D eigenvalue weighted by molar-refractivity contribution is -0.120. The molecule has 29 heavy (non-hydrogen) atoms. The summed E-state index contributed by atoms with van der Waals surface area (Å²) in [5.41, 5.74) is 0.917. The molecule has 0 bridgehead atoms. The van der Waals surface area contributed by atoms with Crippen molar-refractivity contribution in [1.82, 2.24) is 10.2 Å². The van der Waals surface area contributed by atoms with Gasteiger partial charge >= 0.3 is 0 Å². The summed E-state index contributed by atoms with van der Waals surface area (Å²) in [6.45, 7) is 5.92.